The van der Waals surface area contributed by atoms with Crippen LogP contribution in [0.15, 0.2) is 48.5 Å². The Balaban J connectivity index is 1.39. The van der Waals surface area contributed by atoms with E-state index in [1.54, 1.807) is 6.07 Å². The summed E-state index contributed by atoms with van der Waals surface area (Å²) >= 11 is 0. The van der Waals surface area contributed by atoms with Crippen molar-refractivity contribution in [3.05, 3.63) is 65.5 Å². The van der Waals surface area contributed by atoms with Gasteiger partial charge >= 0.3 is 0 Å². The van der Waals surface area contributed by atoms with Crippen molar-refractivity contribution in [2.45, 2.75) is 32.7 Å². The molecule has 4 rings (SSSR count). The maximum atomic E-state index is 12.8. The second-order valence-corrected chi connectivity index (χ2v) is 11.7. The second-order valence-electron chi connectivity index (χ2n) is 9.42. The predicted molar refractivity (Wildman–Crippen MR) is 129 cm³/mol. The van der Waals surface area contributed by atoms with Gasteiger partial charge in [-0.15, -0.1) is 0 Å². The van der Waals surface area contributed by atoms with E-state index in [1.165, 1.54) is 0 Å². The third kappa shape index (κ3) is 5.85. The van der Waals surface area contributed by atoms with Gasteiger partial charge in [0, 0.05) is 41.9 Å². The number of rotatable bonds is 5. The number of hydrogen-bond acceptors (Lipinski definition) is 6. The van der Waals surface area contributed by atoms with Gasteiger partial charge in [-0.3, -0.25) is 14.8 Å². The number of aromatic amines is 1. The third-order valence-corrected chi connectivity index (χ3v) is 7.21. The van der Waals surface area contributed by atoms with E-state index < -0.39 is 9.84 Å². The van der Waals surface area contributed by atoms with E-state index in [0.29, 0.717) is 36.7 Å². The molecule has 33 heavy (non-hydrogen) atoms. The zero-order chi connectivity index (χ0) is 23.6. The van der Waals surface area contributed by atoms with Crippen LogP contribution < -0.4 is 5.32 Å². The highest BCUT2D eigenvalue weighted by Crippen LogP contribution is 2.23. The first-order valence-electron chi connectivity index (χ1n) is 11.0. The van der Waals surface area contributed by atoms with Crippen LogP contribution in [0.5, 0.6) is 0 Å². The number of aromatic nitrogens is 3. The molecule has 0 saturated carbocycles. The predicted octanol–water partition coefficient (Wildman–Crippen LogP) is 3.25. The molecule has 1 aliphatic heterocycles. The molecule has 3 aromatic rings. The van der Waals surface area contributed by atoms with Crippen LogP contribution in [0.2, 0.25) is 0 Å². The van der Waals surface area contributed by atoms with Gasteiger partial charge in [-0.05, 0) is 42.0 Å². The van der Waals surface area contributed by atoms with Gasteiger partial charge in [-0.25, -0.2) is 13.4 Å². The summed E-state index contributed by atoms with van der Waals surface area (Å²) in [6.45, 7) is 7.85. The lowest BCUT2D eigenvalue weighted by Gasteiger charge is -2.26. The maximum Gasteiger partial charge on any atom is 0.255 e. The smallest absolute Gasteiger partial charge is 0.255 e. The molecule has 2 heterocycles. The number of anilines is 1. The van der Waals surface area contributed by atoms with Crippen LogP contribution >= 0.6 is 0 Å². The van der Waals surface area contributed by atoms with E-state index in [0.717, 1.165) is 17.0 Å². The van der Waals surface area contributed by atoms with E-state index in [4.69, 9.17) is 0 Å². The molecule has 0 aliphatic carbocycles. The van der Waals surface area contributed by atoms with E-state index >= 15 is 0 Å². The van der Waals surface area contributed by atoms with E-state index in [1.807, 2.05) is 42.5 Å². The van der Waals surface area contributed by atoms with Gasteiger partial charge in [0.2, 0.25) is 0 Å². The van der Waals surface area contributed by atoms with Crippen molar-refractivity contribution in [3.63, 3.8) is 0 Å². The molecule has 0 atom stereocenters. The molecule has 8 nitrogen and oxygen atoms in total. The number of amides is 1. The van der Waals surface area contributed by atoms with Gasteiger partial charge < -0.3 is 5.32 Å². The molecule has 1 amide bonds. The largest absolute Gasteiger partial charge is 0.322 e. The van der Waals surface area contributed by atoms with Crippen molar-refractivity contribution < 1.29 is 13.2 Å². The molecular formula is C24H29N5O3S. The zero-order valence-corrected chi connectivity index (χ0v) is 19.9. The molecule has 0 bridgehead atoms. The van der Waals surface area contributed by atoms with Crippen LogP contribution in [-0.4, -0.2) is 59.0 Å². The molecule has 9 heteroatoms. The summed E-state index contributed by atoms with van der Waals surface area (Å²) < 4.78 is 23.2. The summed E-state index contributed by atoms with van der Waals surface area (Å²) in [6.07, 6.45) is 0. The molecule has 2 N–H and O–H groups in total. The first-order valence-corrected chi connectivity index (χ1v) is 12.8. The zero-order valence-electron chi connectivity index (χ0n) is 19.1. The Morgan fingerprint density at radius 3 is 2.42 bits per heavy atom. The lowest BCUT2D eigenvalue weighted by molar-refractivity contribution is 0.102. The van der Waals surface area contributed by atoms with Crippen molar-refractivity contribution in [2.75, 3.05) is 29.9 Å². The first kappa shape index (κ1) is 23.1. The summed E-state index contributed by atoms with van der Waals surface area (Å²) in [4.78, 5) is 19.4. The fraction of sp³-hybridized carbons (Fsp3) is 0.375. The number of hydrogen-bond donors (Lipinski definition) is 2. The normalized spacial score (nSPS) is 16.5. The number of sulfone groups is 1. The van der Waals surface area contributed by atoms with Gasteiger partial charge in [0.15, 0.2) is 21.5 Å². The summed E-state index contributed by atoms with van der Waals surface area (Å²) in [5.74, 6) is 1.63. The lowest BCUT2D eigenvalue weighted by atomic mass is 9.96. The maximum absolute atomic E-state index is 12.8. The highest BCUT2D eigenvalue weighted by Gasteiger charge is 2.22. The Morgan fingerprint density at radius 1 is 1.09 bits per heavy atom. The number of benzene rings is 2. The molecule has 1 fully saturated rings. The second kappa shape index (κ2) is 9.07. The van der Waals surface area contributed by atoms with Crippen LogP contribution in [-0.2, 0) is 21.8 Å². The van der Waals surface area contributed by atoms with Gasteiger partial charge in [-0.2, -0.15) is 5.10 Å². The average Bonchev–Trinajstić information content (AvgIpc) is 3.27. The fourth-order valence-corrected chi connectivity index (χ4v) is 4.90. The average molecular weight is 468 g/mol. The number of nitrogens with zero attached hydrogens (tertiary/aromatic N) is 3. The third-order valence-electron chi connectivity index (χ3n) is 5.60. The topological polar surface area (TPSA) is 108 Å². The molecule has 1 saturated heterocycles. The van der Waals surface area contributed by atoms with E-state index in [9.17, 15) is 13.2 Å². The van der Waals surface area contributed by atoms with Gasteiger partial charge in [0.1, 0.15) is 0 Å². The Morgan fingerprint density at radius 2 is 1.79 bits per heavy atom. The van der Waals surface area contributed by atoms with Crippen LogP contribution in [0.25, 0.3) is 11.4 Å². The Bertz CT molecular complexity index is 1230. The molecule has 1 aliphatic rings. The van der Waals surface area contributed by atoms with Crippen LogP contribution in [0.3, 0.4) is 0 Å². The number of H-pyrrole nitrogens is 1. The Labute approximate surface area is 194 Å². The fourth-order valence-electron chi connectivity index (χ4n) is 3.62. The van der Waals surface area contributed by atoms with E-state index in [2.05, 4.69) is 46.2 Å². The highest BCUT2D eigenvalue weighted by atomic mass is 32.2. The monoisotopic (exact) mass is 467 g/mol. The van der Waals surface area contributed by atoms with Crippen molar-refractivity contribution >= 4 is 21.4 Å². The number of carbonyl (C=O) groups excluding carboxylic acids is 1. The van der Waals surface area contributed by atoms with Gasteiger partial charge in [0.25, 0.3) is 5.91 Å². The molecule has 0 spiro atoms. The number of carbonyl (C=O) groups is 1. The van der Waals surface area contributed by atoms with Gasteiger partial charge in [-0.1, -0.05) is 32.9 Å². The summed E-state index contributed by atoms with van der Waals surface area (Å²) in [5.41, 5.74) is 2.99. The first-order chi connectivity index (χ1) is 15.6. The minimum absolute atomic E-state index is 0.136. The molecule has 2 aromatic carbocycles. The highest BCUT2D eigenvalue weighted by molar-refractivity contribution is 7.91. The minimum Gasteiger partial charge on any atom is -0.322 e. The summed E-state index contributed by atoms with van der Waals surface area (Å²) in [7, 11) is -2.91. The SMILES string of the molecule is CC(C)(C)c1n[nH]c(-c2ccc(NC(=O)c3cccc(CN4CCS(=O)(=O)CC4)c3)cc2)n1. The molecule has 174 valence electrons. The lowest BCUT2D eigenvalue weighted by Crippen LogP contribution is -2.39. The molecule has 1 aromatic heterocycles. The summed E-state index contributed by atoms with van der Waals surface area (Å²) in [5, 5.41) is 10.2. The molecule has 0 unspecified atom stereocenters. The molecule has 0 radical (unpaired) electrons. The van der Waals surface area contributed by atoms with Crippen LogP contribution in [0.1, 0.15) is 42.5 Å². The summed E-state index contributed by atoms with van der Waals surface area (Å²) in [6, 6.07) is 14.9. The standard InChI is InChI=1S/C24H29N5O3S/c1-24(2,3)23-26-21(27-28-23)18-7-9-20(10-8-18)25-22(30)19-6-4-5-17(15-19)16-29-11-13-33(31,32)14-12-29/h4-10,15H,11-14,16H2,1-3H3,(H,25,30)(H,26,27,28). The Kier molecular flexibility index (Phi) is 6.36. The molecular weight excluding hydrogens is 438 g/mol. The quantitative estimate of drug-likeness (QED) is 0.596. The van der Waals surface area contributed by atoms with Crippen molar-refractivity contribution in [3.8, 4) is 11.4 Å². The van der Waals surface area contributed by atoms with Crippen molar-refractivity contribution in [1.29, 1.82) is 0 Å². The van der Waals surface area contributed by atoms with Crippen LogP contribution in [0, 0.1) is 0 Å². The number of nitrogens with one attached hydrogen (secondary N) is 2. The Hall–Kier alpha value is -3.04. The van der Waals surface area contributed by atoms with Crippen molar-refractivity contribution in [2.24, 2.45) is 0 Å². The van der Waals surface area contributed by atoms with Crippen molar-refractivity contribution in [1.82, 2.24) is 20.1 Å². The minimum atomic E-state index is -2.91. The van der Waals surface area contributed by atoms with E-state index in [-0.39, 0.29) is 22.8 Å². The van der Waals surface area contributed by atoms with Crippen LogP contribution in [0.4, 0.5) is 5.69 Å². The van der Waals surface area contributed by atoms with Gasteiger partial charge in [0.05, 0.1) is 11.5 Å².